The number of carboxylic acid groups (broad SMARTS) is 1. The Kier molecular flexibility index (Phi) is 6.84. The minimum absolute atomic E-state index is 0.0883. The van der Waals surface area contributed by atoms with Gasteiger partial charge in [-0.15, -0.1) is 0 Å². The summed E-state index contributed by atoms with van der Waals surface area (Å²) in [6.07, 6.45) is 3.94. The number of carbonyl (C=O) groups is 2. The fourth-order valence-corrected chi connectivity index (χ4v) is 2.56. The first kappa shape index (κ1) is 16.0. The summed E-state index contributed by atoms with van der Waals surface area (Å²) in [4.78, 5) is 24.6. The Morgan fingerprint density at radius 3 is 2.32 bits per heavy atom. The lowest BCUT2D eigenvalue weighted by molar-refractivity contribution is -0.138. The van der Waals surface area contributed by atoms with Crippen molar-refractivity contribution in [2.45, 2.75) is 52.0 Å². The van der Waals surface area contributed by atoms with Crippen LogP contribution >= 0.6 is 0 Å². The molecule has 5 nitrogen and oxygen atoms in total. The van der Waals surface area contributed by atoms with E-state index in [9.17, 15) is 9.59 Å². The summed E-state index contributed by atoms with van der Waals surface area (Å²) in [5, 5.41) is 11.8. The third kappa shape index (κ3) is 6.05. The SMILES string of the molecule is CCC(CC)NC(=O)CN1CCC(CC(=O)O)CC1. The van der Waals surface area contributed by atoms with Crippen molar-refractivity contribution < 1.29 is 14.7 Å². The van der Waals surface area contributed by atoms with E-state index in [4.69, 9.17) is 5.11 Å². The molecular formula is C14H26N2O3. The van der Waals surface area contributed by atoms with Gasteiger partial charge < -0.3 is 10.4 Å². The molecule has 1 aliphatic rings. The van der Waals surface area contributed by atoms with Crippen molar-refractivity contribution >= 4 is 11.9 Å². The van der Waals surface area contributed by atoms with Gasteiger partial charge in [0.1, 0.15) is 0 Å². The summed E-state index contributed by atoms with van der Waals surface area (Å²) in [5.74, 6) is -0.355. The number of hydrogen-bond acceptors (Lipinski definition) is 3. The maximum absolute atomic E-state index is 11.9. The average Bonchev–Trinajstić information content (AvgIpc) is 2.37. The summed E-state index contributed by atoms with van der Waals surface area (Å²) in [6, 6.07) is 0.275. The topological polar surface area (TPSA) is 69.6 Å². The van der Waals surface area contributed by atoms with Crippen LogP contribution in [0, 0.1) is 5.92 Å². The van der Waals surface area contributed by atoms with Gasteiger partial charge in [-0.3, -0.25) is 14.5 Å². The van der Waals surface area contributed by atoms with Gasteiger partial charge in [-0.25, -0.2) is 0 Å². The number of carboxylic acids is 1. The molecule has 0 aromatic carbocycles. The van der Waals surface area contributed by atoms with Gasteiger partial charge in [0.15, 0.2) is 0 Å². The number of hydrogen-bond donors (Lipinski definition) is 2. The molecule has 0 aromatic heterocycles. The Labute approximate surface area is 115 Å². The number of carbonyl (C=O) groups excluding carboxylic acids is 1. The van der Waals surface area contributed by atoms with Gasteiger partial charge in [-0.2, -0.15) is 0 Å². The molecule has 0 unspecified atom stereocenters. The Bertz CT molecular complexity index is 295. The highest BCUT2D eigenvalue weighted by molar-refractivity contribution is 5.78. The molecule has 110 valence electrons. The van der Waals surface area contributed by atoms with Crippen LogP contribution in [0.5, 0.6) is 0 Å². The van der Waals surface area contributed by atoms with Crippen LogP contribution in [-0.2, 0) is 9.59 Å². The third-order valence-electron chi connectivity index (χ3n) is 3.89. The quantitative estimate of drug-likeness (QED) is 0.735. The molecule has 5 heteroatoms. The van der Waals surface area contributed by atoms with Crippen LogP contribution in [0.3, 0.4) is 0 Å². The molecule has 0 radical (unpaired) electrons. The predicted octanol–water partition coefficient (Wildman–Crippen LogP) is 1.48. The average molecular weight is 270 g/mol. The van der Waals surface area contributed by atoms with E-state index in [2.05, 4.69) is 24.1 Å². The van der Waals surface area contributed by atoms with Crippen LogP contribution in [0.1, 0.15) is 46.0 Å². The number of amides is 1. The van der Waals surface area contributed by atoms with Gasteiger partial charge >= 0.3 is 5.97 Å². The molecule has 1 amide bonds. The Balaban J connectivity index is 2.25. The summed E-state index contributed by atoms with van der Waals surface area (Å²) < 4.78 is 0. The fraction of sp³-hybridized carbons (Fsp3) is 0.857. The van der Waals surface area contributed by atoms with Crippen molar-refractivity contribution in [3.63, 3.8) is 0 Å². The number of likely N-dealkylation sites (tertiary alicyclic amines) is 1. The zero-order chi connectivity index (χ0) is 14.3. The Hall–Kier alpha value is -1.10. The molecule has 1 rings (SSSR count). The second kappa shape index (κ2) is 8.15. The molecule has 19 heavy (non-hydrogen) atoms. The monoisotopic (exact) mass is 270 g/mol. The van der Waals surface area contributed by atoms with E-state index >= 15 is 0 Å². The van der Waals surface area contributed by atoms with Crippen molar-refractivity contribution in [3.05, 3.63) is 0 Å². The van der Waals surface area contributed by atoms with Gasteiger partial charge in [0.2, 0.25) is 5.91 Å². The lowest BCUT2D eigenvalue weighted by Crippen LogP contribution is -2.44. The van der Waals surface area contributed by atoms with Crippen LogP contribution in [0.2, 0.25) is 0 Å². The van der Waals surface area contributed by atoms with E-state index < -0.39 is 5.97 Å². The molecule has 2 N–H and O–H groups in total. The van der Waals surface area contributed by atoms with E-state index in [1.165, 1.54) is 0 Å². The van der Waals surface area contributed by atoms with E-state index in [-0.39, 0.29) is 24.3 Å². The Morgan fingerprint density at radius 2 is 1.84 bits per heavy atom. The van der Waals surface area contributed by atoms with Crippen molar-refractivity contribution in [1.29, 1.82) is 0 Å². The van der Waals surface area contributed by atoms with Crippen LogP contribution < -0.4 is 5.32 Å². The van der Waals surface area contributed by atoms with Crippen LogP contribution in [0.4, 0.5) is 0 Å². The molecule has 0 bridgehead atoms. The normalized spacial score (nSPS) is 17.6. The smallest absolute Gasteiger partial charge is 0.303 e. The highest BCUT2D eigenvalue weighted by Gasteiger charge is 2.22. The van der Waals surface area contributed by atoms with E-state index in [1.54, 1.807) is 0 Å². The van der Waals surface area contributed by atoms with Crippen molar-refractivity contribution in [2.24, 2.45) is 5.92 Å². The molecule has 0 spiro atoms. The van der Waals surface area contributed by atoms with E-state index in [1.807, 2.05) is 0 Å². The predicted molar refractivity (Wildman–Crippen MR) is 73.9 cm³/mol. The molecule has 0 atom stereocenters. The van der Waals surface area contributed by atoms with Gasteiger partial charge in [-0.1, -0.05) is 13.8 Å². The molecule has 1 heterocycles. The lowest BCUT2D eigenvalue weighted by Gasteiger charge is -2.31. The minimum atomic E-state index is -0.718. The van der Waals surface area contributed by atoms with Crippen LogP contribution in [-0.4, -0.2) is 47.6 Å². The maximum atomic E-state index is 11.9. The summed E-state index contributed by atoms with van der Waals surface area (Å²) in [6.45, 7) is 6.25. The largest absolute Gasteiger partial charge is 0.481 e. The zero-order valence-electron chi connectivity index (χ0n) is 12.0. The second-order valence-corrected chi connectivity index (χ2v) is 5.40. The second-order valence-electron chi connectivity index (χ2n) is 5.40. The number of piperidine rings is 1. The van der Waals surface area contributed by atoms with Gasteiger partial charge in [-0.05, 0) is 44.7 Å². The number of rotatable bonds is 7. The summed E-state index contributed by atoms with van der Waals surface area (Å²) in [5.41, 5.74) is 0. The van der Waals surface area contributed by atoms with Gasteiger partial charge in [0, 0.05) is 12.5 Å². The molecule has 1 saturated heterocycles. The first-order valence-electron chi connectivity index (χ1n) is 7.28. The number of nitrogens with zero attached hydrogens (tertiary/aromatic N) is 1. The summed E-state index contributed by atoms with van der Waals surface area (Å²) in [7, 11) is 0. The highest BCUT2D eigenvalue weighted by Crippen LogP contribution is 2.20. The summed E-state index contributed by atoms with van der Waals surface area (Å²) >= 11 is 0. The molecule has 0 aliphatic carbocycles. The third-order valence-corrected chi connectivity index (χ3v) is 3.89. The first-order valence-corrected chi connectivity index (χ1v) is 7.28. The molecule has 1 fully saturated rings. The van der Waals surface area contributed by atoms with Crippen molar-refractivity contribution in [1.82, 2.24) is 10.2 Å². The molecular weight excluding hydrogens is 244 g/mol. The van der Waals surface area contributed by atoms with Crippen molar-refractivity contribution in [3.8, 4) is 0 Å². The van der Waals surface area contributed by atoms with E-state index in [0.717, 1.165) is 38.8 Å². The van der Waals surface area contributed by atoms with Crippen LogP contribution in [0.25, 0.3) is 0 Å². The highest BCUT2D eigenvalue weighted by atomic mass is 16.4. The molecule has 0 aromatic rings. The zero-order valence-corrected chi connectivity index (χ0v) is 12.0. The minimum Gasteiger partial charge on any atom is -0.481 e. The molecule has 1 aliphatic heterocycles. The number of aliphatic carboxylic acids is 1. The number of nitrogens with one attached hydrogen (secondary N) is 1. The van der Waals surface area contributed by atoms with Crippen molar-refractivity contribution in [2.75, 3.05) is 19.6 Å². The first-order chi connectivity index (χ1) is 9.05. The lowest BCUT2D eigenvalue weighted by atomic mass is 9.94. The van der Waals surface area contributed by atoms with E-state index in [0.29, 0.717) is 6.54 Å². The fourth-order valence-electron chi connectivity index (χ4n) is 2.56. The molecule has 0 saturated carbocycles. The van der Waals surface area contributed by atoms with Crippen LogP contribution in [0.15, 0.2) is 0 Å². The van der Waals surface area contributed by atoms with Gasteiger partial charge in [0.05, 0.1) is 6.54 Å². The van der Waals surface area contributed by atoms with Gasteiger partial charge in [0.25, 0.3) is 0 Å². The Morgan fingerprint density at radius 1 is 1.26 bits per heavy atom. The standard InChI is InChI=1S/C14H26N2O3/c1-3-12(4-2)15-13(17)10-16-7-5-11(6-8-16)9-14(18)19/h11-12H,3-10H2,1-2H3,(H,15,17)(H,18,19). The maximum Gasteiger partial charge on any atom is 0.303 e.